The first-order valence-corrected chi connectivity index (χ1v) is 10.3. The van der Waals surface area contributed by atoms with Crippen molar-refractivity contribution >= 4 is 33.2 Å². The average molecular weight is 395 g/mol. The zero-order valence-electron chi connectivity index (χ0n) is 13.6. The van der Waals surface area contributed by atoms with Crippen molar-refractivity contribution in [2.45, 2.75) is 24.3 Å². The van der Waals surface area contributed by atoms with Gasteiger partial charge in [-0.1, -0.05) is 6.07 Å². The van der Waals surface area contributed by atoms with E-state index in [-0.39, 0.29) is 22.7 Å². The summed E-state index contributed by atoms with van der Waals surface area (Å²) in [5.74, 6) is -1.18. The zero-order valence-corrected chi connectivity index (χ0v) is 15.3. The van der Waals surface area contributed by atoms with E-state index in [0.29, 0.717) is 17.5 Å². The molecule has 1 aliphatic rings. The van der Waals surface area contributed by atoms with Crippen LogP contribution in [-0.4, -0.2) is 36.9 Å². The number of benzene rings is 1. The number of carboxylic acids is 1. The quantitative estimate of drug-likeness (QED) is 0.621. The summed E-state index contributed by atoms with van der Waals surface area (Å²) in [5, 5.41) is 13.3. The second kappa shape index (κ2) is 7.52. The van der Waals surface area contributed by atoms with Gasteiger partial charge in [-0.05, 0) is 37.0 Å². The van der Waals surface area contributed by atoms with Crippen LogP contribution in [0.25, 0.3) is 0 Å². The summed E-state index contributed by atoms with van der Waals surface area (Å²) in [6.45, 7) is 0.475. The standard InChI is InChI=1S/C16H17N3O5S2/c20-15(17-8-14-19-13(9-25-14)16(21)22)11-2-1-3-12(6-11)26(23,24)18-7-10-4-5-10/h1-3,6,9-10,18H,4-5,7-8H2,(H,17,20)(H,21,22). The van der Waals surface area contributed by atoms with Crippen LogP contribution in [0, 0.1) is 5.92 Å². The van der Waals surface area contributed by atoms with Crippen molar-refractivity contribution < 1.29 is 23.1 Å². The van der Waals surface area contributed by atoms with Gasteiger partial charge in [0.15, 0.2) is 5.69 Å². The molecule has 1 aromatic carbocycles. The van der Waals surface area contributed by atoms with E-state index in [4.69, 9.17) is 5.11 Å². The summed E-state index contributed by atoms with van der Waals surface area (Å²) in [6.07, 6.45) is 2.07. The Balaban J connectivity index is 1.64. The predicted octanol–water partition coefficient (Wildman–Crippen LogP) is 1.46. The Labute approximate surface area is 154 Å². The minimum absolute atomic E-state index is 0.0354. The van der Waals surface area contributed by atoms with Crippen molar-refractivity contribution in [1.82, 2.24) is 15.0 Å². The van der Waals surface area contributed by atoms with E-state index < -0.39 is 21.9 Å². The van der Waals surface area contributed by atoms with Crippen LogP contribution in [0.4, 0.5) is 0 Å². The Morgan fingerprint density at radius 3 is 2.73 bits per heavy atom. The topological polar surface area (TPSA) is 125 Å². The van der Waals surface area contributed by atoms with Gasteiger partial charge < -0.3 is 10.4 Å². The first kappa shape index (κ1) is 18.5. The highest BCUT2D eigenvalue weighted by molar-refractivity contribution is 7.89. The maximum absolute atomic E-state index is 12.3. The monoisotopic (exact) mass is 395 g/mol. The van der Waals surface area contributed by atoms with E-state index in [9.17, 15) is 18.0 Å². The number of carboxylic acid groups (broad SMARTS) is 1. The fourth-order valence-electron chi connectivity index (χ4n) is 2.19. The Kier molecular flexibility index (Phi) is 5.35. The van der Waals surface area contributed by atoms with Crippen LogP contribution in [0.15, 0.2) is 34.5 Å². The highest BCUT2D eigenvalue weighted by Gasteiger charge is 2.24. The predicted molar refractivity (Wildman–Crippen MR) is 94.6 cm³/mol. The number of nitrogens with one attached hydrogen (secondary N) is 2. The molecule has 0 atom stereocenters. The van der Waals surface area contributed by atoms with Gasteiger partial charge in [-0.2, -0.15) is 0 Å². The molecule has 1 aliphatic carbocycles. The molecule has 10 heteroatoms. The summed E-state index contributed by atoms with van der Waals surface area (Å²) in [7, 11) is -3.65. The first-order valence-electron chi connectivity index (χ1n) is 7.91. The second-order valence-electron chi connectivity index (χ2n) is 5.94. The number of aromatic nitrogens is 1. The van der Waals surface area contributed by atoms with Crippen LogP contribution in [0.1, 0.15) is 38.7 Å². The van der Waals surface area contributed by atoms with Crippen LogP contribution >= 0.6 is 11.3 Å². The van der Waals surface area contributed by atoms with Gasteiger partial charge in [-0.15, -0.1) is 11.3 Å². The van der Waals surface area contributed by atoms with Gasteiger partial charge >= 0.3 is 5.97 Å². The third-order valence-electron chi connectivity index (χ3n) is 3.84. The third kappa shape index (κ3) is 4.65. The molecule has 1 saturated carbocycles. The molecule has 0 spiro atoms. The lowest BCUT2D eigenvalue weighted by molar-refractivity contribution is 0.0691. The van der Waals surface area contributed by atoms with Gasteiger partial charge in [0.1, 0.15) is 5.01 Å². The fourth-order valence-corrected chi connectivity index (χ4v) is 4.05. The zero-order chi connectivity index (χ0) is 18.7. The lowest BCUT2D eigenvalue weighted by Crippen LogP contribution is -2.27. The Morgan fingerprint density at radius 2 is 2.08 bits per heavy atom. The van der Waals surface area contributed by atoms with Gasteiger partial charge in [0, 0.05) is 17.5 Å². The van der Waals surface area contributed by atoms with Crippen LogP contribution < -0.4 is 10.0 Å². The molecule has 1 heterocycles. The lowest BCUT2D eigenvalue weighted by Gasteiger charge is -2.08. The van der Waals surface area contributed by atoms with E-state index in [2.05, 4.69) is 15.0 Å². The van der Waals surface area contributed by atoms with Gasteiger partial charge in [0.05, 0.1) is 11.4 Å². The minimum Gasteiger partial charge on any atom is -0.476 e. The smallest absolute Gasteiger partial charge is 0.355 e. The number of aromatic carboxylic acids is 1. The molecule has 2 aromatic rings. The Morgan fingerprint density at radius 1 is 1.31 bits per heavy atom. The molecule has 1 fully saturated rings. The molecule has 0 radical (unpaired) electrons. The lowest BCUT2D eigenvalue weighted by atomic mass is 10.2. The number of rotatable bonds is 8. The normalized spacial score (nSPS) is 14.2. The summed E-state index contributed by atoms with van der Waals surface area (Å²) < 4.78 is 27.1. The second-order valence-corrected chi connectivity index (χ2v) is 8.65. The van der Waals surface area contributed by atoms with Crippen molar-refractivity contribution in [1.29, 1.82) is 0 Å². The summed E-state index contributed by atoms with van der Waals surface area (Å²) >= 11 is 1.13. The molecule has 0 aliphatic heterocycles. The van der Waals surface area contributed by atoms with Crippen molar-refractivity contribution in [3.63, 3.8) is 0 Å². The molecule has 138 valence electrons. The summed E-state index contributed by atoms with van der Waals surface area (Å²) in [4.78, 5) is 27.0. The van der Waals surface area contributed by atoms with E-state index in [1.807, 2.05) is 0 Å². The molecule has 3 N–H and O–H groups in total. The van der Waals surface area contributed by atoms with Gasteiger partial charge in [0.25, 0.3) is 5.91 Å². The Hall–Kier alpha value is -2.30. The van der Waals surface area contributed by atoms with Crippen molar-refractivity contribution in [3.05, 3.63) is 45.9 Å². The van der Waals surface area contributed by atoms with E-state index in [0.717, 1.165) is 24.2 Å². The molecule has 0 unspecified atom stereocenters. The van der Waals surface area contributed by atoms with Crippen LogP contribution in [0.5, 0.6) is 0 Å². The van der Waals surface area contributed by atoms with E-state index in [1.54, 1.807) is 0 Å². The highest BCUT2D eigenvalue weighted by atomic mass is 32.2. The summed E-state index contributed by atoms with van der Waals surface area (Å²) in [6, 6.07) is 5.77. The number of carbonyl (C=O) groups is 2. The molecule has 26 heavy (non-hydrogen) atoms. The molecule has 0 bridgehead atoms. The largest absolute Gasteiger partial charge is 0.476 e. The number of carbonyl (C=O) groups excluding carboxylic acids is 1. The van der Waals surface area contributed by atoms with E-state index >= 15 is 0 Å². The first-order chi connectivity index (χ1) is 12.3. The SMILES string of the molecule is O=C(NCc1nc(C(=O)O)cs1)c1cccc(S(=O)(=O)NCC2CC2)c1. The number of hydrogen-bond acceptors (Lipinski definition) is 6. The molecular formula is C16H17N3O5S2. The van der Waals surface area contributed by atoms with E-state index in [1.165, 1.54) is 29.6 Å². The van der Waals surface area contributed by atoms with Crippen LogP contribution in [0.2, 0.25) is 0 Å². The maximum atomic E-state index is 12.3. The van der Waals surface area contributed by atoms with Gasteiger partial charge in [0.2, 0.25) is 10.0 Å². The van der Waals surface area contributed by atoms with Gasteiger partial charge in [-0.3, -0.25) is 4.79 Å². The van der Waals surface area contributed by atoms with Crippen molar-refractivity contribution in [3.8, 4) is 0 Å². The third-order valence-corrected chi connectivity index (χ3v) is 6.11. The Bertz CT molecular complexity index is 935. The number of hydrogen-bond donors (Lipinski definition) is 3. The molecule has 8 nitrogen and oxygen atoms in total. The number of amides is 1. The van der Waals surface area contributed by atoms with Crippen molar-refractivity contribution in [2.24, 2.45) is 5.92 Å². The average Bonchev–Trinajstić information content (AvgIpc) is 3.33. The highest BCUT2D eigenvalue weighted by Crippen LogP contribution is 2.28. The van der Waals surface area contributed by atoms with Crippen LogP contribution in [0.3, 0.4) is 0 Å². The maximum Gasteiger partial charge on any atom is 0.355 e. The molecule has 1 amide bonds. The van der Waals surface area contributed by atoms with Gasteiger partial charge in [-0.25, -0.2) is 22.9 Å². The fraction of sp³-hybridized carbons (Fsp3) is 0.312. The molecule has 3 rings (SSSR count). The number of nitrogens with zero attached hydrogens (tertiary/aromatic N) is 1. The molecular weight excluding hydrogens is 378 g/mol. The molecule has 0 saturated heterocycles. The minimum atomic E-state index is -3.65. The number of thiazole rings is 1. The van der Waals surface area contributed by atoms with Crippen LogP contribution in [-0.2, 0) is 16.6 Å². The van der Waals surface area contributed by atoms with Crippen molar-refractivity contribution in [2.75, 3.05) is 6.54 Å². The summed E-state index contributed by atoms with van der Waals surface area (Å²) in [5.41, 5.74) is 0.128. The molecule has 1 aromatic heterocycles. The number of sulfonamides is 1.